The third-order valence-electron chi connectivity index (χ3n) is 4.50. The van der Waals surface area contributed by atoms with Gasteiger partial charge in [-0.25, -0.2) is 0 Å². The van der Waals surface area contributed by atoms with Crippen LogP contribution in [-0.4, -0.2) is 29.2 Å². The summed E-state index contributed by atoms with van der Waals surface area (Å²) in [6.07, 6.45) is 2.53. The molecule has 0 aromatic heterocycles. The fourth-order valence-electron chi connectivity index (χ4n) is 3.41. The molecule has 2 bridgehead atoms. The Labute approximate surface area is 132 Å². The molecular formula is C18H15NO4. The number of aliphatic carboxylic acids is 1. The third-order valence-corrected chi connectivity index (χ3v) is 4.50. The second kappa shape index (κ2) is 5.21. The fraction of sp³-hybridized carbons (Fsp3) is 0.222. The molecule has 2 aromatic carbocycles. The Hall–Kier alpha value is -2.66. The molecule has 23 heavy (non-hydrogen) atoms. The van der Waals surface area contributed by atoms with Crippen molar-refractivity contribution in [2.24, 2.45) is 11.8 Å². The number of anilines is 1. The van der Waals surface area contributed by atoms with Crippen LogP contribution in [0, 0.1) is 11.8 Å². The van der Waals surface area contributed by atoms with Crippen molar-refractivity contribution in [1.29, 1.82) is 0 Å². The van der Waals surface area contributed by atoms with Gasteiger partial charge in [-0.3, -0.25) is 9.59 Å². The van der Waals surface area contributed by atoms with Crippen molar-refractivity contribution in [3.8, 4) is 0 Å². The molecule has 1 fully saturated rings. The maximum Gasteiger partial charge on any atom is 0.310 e. The second-order valence-corrected chi connectivity index (χ2v) is 5.89. The summed E-state index contributed by atoms with van der Waals surface area (Å²) < 4.78 is 5.54. The molecule has 1 saturated heterocycles. The number of carboxylic acid groups (broad SMARTS) is 1. The van der Waals surface area contributed by atoms with Crippen LogP contribution in [0.2, 0.25) is 0 Å². The van der Waals surface area contributed by atoms with Crippen LogP contribution in [-0.2, 0) is 14.3 Å². The van der Waals surface area contributed by atoms with Crippen LogP contribution in [0.25, 0.3) is 10.8 Å². The maximum atomic E-state index is 12.6. The van der Waals surface area contributed by atoms with E-state index in [-0.39, 0.29) is 5.91 Å². The predicted octanol–water partition coefficient (Wildman–Crippen LogP) is 2.43. The quantitative estimate of drug-likeness (QED) is 0.854. The van der Waals surface area contributed by atoms with Crippen LogP contribution in [0.3, 0.4) is 0 Å². The van der Waals surface area contributed by atoms with E-state index in [1.807, 2.05) is 42.5 Å². The highest BCUT2D eigenvalue weighted by atomic mass is 16.5. The molecule has 2 heterocycles. The lowest BCUT2D eigenvalue weighted by molar-refractivity contribution is -0.145. The van der Waals surface area contributed by atoms with E-state index in [0.29, 0.717) is 5.69 Å². The summed E-state index contributed by atoms with van der Waals surface area (Å²) >= 11 is 0. The lowest BCUT2D eigenvalue weighted by atomic mass is 9.82. The van der Waals surface area contributed by atoms with Crippen LogP contribution in [0.5, 0.6) is 0 Å². The van der Waals surface area contributed by atoms with Crippen LogP contribution in [0.4, 0.5) is 5.69 Å². The molecule has 0 radical (unpaired) electrons. The Bertz CT molecular complexity index is 829. The summed E-state index contributed by atoms with van der Waals surface area (Å²) in [7, 11) is 0. The molecule has 2 aromatic rings. The lowest BCUT2D eigenvalue weighted by Crippen LogP contribution is -2.39. The topological polar surface area (TPSA) is 75.6 Å². The van der Waals surface area contributed by atoms with Crippen molar-refractivity contribution < 1.29 is 19.4 Å². The average molecular weight is 309 g/mol. The first-order chi connectivity index (χ1) is 11.1. The fourth-order valence-corrected chi connectivity index (χ4v) is 3.41. The number of ether oxygens (including phenoxy) is 1. The largest absolute Gasteiger partial charge is 0.481 e. The van der Waals surface area contributed by atoms with Gasteiger partial charge in [-0.2, -0.15) is 0 Å². The van der Waals surface area contributed by atoms with Gasteiger partial charge in [0.25, 0.3) is 0 Å². The summed E-state index contributed by atoms with van der Waals surface area (Å²) in [5.74, 6) is -2.84. The molecular weight excluding hydrogens is 294 g/mol. The van der Waals surface area contributed by atoms with Crippen molar-refractivity contribution >= 4 is 28.3 Å². The smallest absolute Gasteiger partial charge is 0.310 e. The number of rotatable bonds is 3. The first-order valence-corrected chi connectivity index (χ1v) is 7.50. The van der Waals surface area contributed by atoms with E-state index in [1.165, 1.54) is 0 Å². The molecule has 2 aliphatic rings. The molecule has 116 valence electrons. The SMILES string of the molecule is O=C(Nc1ccc2ccccc2c1)[C@@H]1[C@@H](C(=O)O)[C@H]2C=C[C@@H]1O2. The minimum atomic E-state index is -1.000. The zero-order valence-electron chi connectivity index (χ0n) is 12.2. The number of benzene rings is 2. The highest BCUT2D eigenvalue weighted by molar-refractivity contribution is 5.98. The van der Waals surface area contributed by atoms with Crippen LogP contribution < -0.4 is 5.32 Å². The number of fused-ring (bicyclic) bond motifs is 3. The van der Waals surface area contributed by atoms with E-state index in [0.717, 1.165) is 10.8 Å². The minimum Gasteiger partial charge on any atom is -0.481 e. The van der Waals surface area contributed by atoms with Crippen LogP contribution in [0.15, 0.2) is 54.6 Å². The molecule has 0 saturated carbocycles. The van der Waals surface area contributed by atoms with E-state index >= 15 is 0 Å². The minimum absolute atomic E-state index is 0.315. The molecule has 0 unspecified atom stereocenters. The predicted molar refractivity (Wildman–Crippen MR) is 85.0 cm³/mol. The summed E-state index contributed by atoms with van der Waals surface area (Å²) in [5.41, 5.74) is 0.657. The summed E-state index contributed by atoms with van der Waals surface area (Å²) in [4.78, 5) is 24.0. The third kappa shape index (κ3) is 2.29. The van der Waals surface area contributed by atoms with E-state index in [1.54, 1.807) is 12.2 Å². The summed E-state index contributed by atoms with van der Waals surface area (Å²) in [5, 5.41) is 14.3. The number of carbonyl (C=O) groups excluding carboxylic acids is 1. The number of hydrogen-bond acceptors (Lipinski definition) is 3. The molecule has 4 rings (SSSR count). The first kappa shape index (κ1) is 14.0. The number of nitrogens with one attached hydrogen (secondary N) is 1. The van der Waals surface area contributed by atoms with Gasteiger partial charge in [0.1, 0.15) is 5.92 Å². The normalized spacial score (nSPS) is 28.2. The monoisotopic (exact) mass is 309 g/mol. The Kier molecular flexibility index (Phi) is 3.16. The zero-order valence-corrected chi connectivity index (χ0v) is 12.2. The molecule has 5 nitrogen and oxygen atoms in total. The Morgan fingerprint density at radius 3 is 2.39 bits per heavy atom. The van der Waals surface area contributed by atoms with E-state index in [2.05, 4.69) is 5.32 Å². The van der Waals surface area contributed by atoms with Gasteiger partial charge in [-0.05, 0) is 22.9 Å². The molecule has 0 aliphatic carbocycles. The first-order valence-electron chi connectivity index (χ1n) is 7.50. The van der Waals surface area contributed by atoms with Gasteiger partial charge in [0.05, 0.1) is 18.1 Å². The average Bonchev–Trinajstić information content (AvgIpc) is 3.15. The van der Waals surface area contributed by atoms with Crippen molar-refractivity contribution in [1.82, 2.24) is 0 Å². The lowest BCUT2D eigenvalue weighted by Gasteiger charge is -2.21. The zero-order chi connectivity index (χ0) is 16.0. The molecule has 5 heteroatoms. The number of amides is 1. The van der Waals surface area contributed by atoms with Crippen molar-refractivity contribution in [3.63, 3.8) is 0 Å². The van der Waals surface area contributed by atoms with E-state index < -0.39 is 30.0 Å². The van der Waals surface area contributed by atoms with Gasteiger partial charge < -0.3 is 15.2 Å². The van der Waals surface area contributed by atoms with Crippen molar-refractivity contribution in [2.75, 3.05) is 5.32 Å². The van der Waals surface area contributed by atoms with Crippen LogP contribution in [0.1, 0.15) is 0 Å². The Balaban J connectivity index is 1.59. The standard InChI is InChI=1S/C18H15NO4/c20-17(15-13-7-8-14(23-13)16(15)18(21)22)19-12-6-5-10-3-1-2-4-11(10)9-12/h1-9,13-16H,(H,19,20)(H,21,22)/t13-,14+,15-,16-/m0/s1. The Morgan fingerprint density at radius 2 is 1.65 bits per heavy atom. The highest BCUT2D eigenvalue weighted by Gasteiger charge is 2.53. The van der Waals surface area contributed by atoms with Crippen LogP contribution >= 0.6 is 0 Å². The van der Waals surface area contributed by atoms with E-state index in [4.69, 9.17) is 4.74 Å². The number of carbonyl (C=O) groups is 2. The number of hydrogen-bond donors (Lipinski definition) is 2. The van der Waals surface area contributed by atoms with Gasteiger partial charge in [0.15, 0.2) is 0 Å². The molecule has 4 atom stereocenters. The molecule has 0 spiro atoms. The number of carboxylic acids is 1. The van der Waals surface area contributed by atoms with Gasteiger partial charge in [0.2, 0.25) is 5.91 Å². The molecule has 2 N–H and O–H groups in total. The van der Waals surface area contributed by atoms with Crippen molar-refractivity contribution in [2.45, 2.75) is 12.2 Å². The second-order valence-electron chi connectivity index (χ2n) is 5.89. The maximum absolute atomic E-state index is 12.6. The summed E-state index contributed by atoms with van der Waals surface area (Å²) in [6, 6.07) is 13.5. The van der Waals surface area contributed by atoms with Gasteiger partial charge >= 0.3 is 5.97 Å². The Morgan fingerprint density at radius 1 is 0.957 bits per heavy atom. The molecule has 1 amide bonds. The van der Waals surface area contributed by atoms with Gasteiger partial charge in [-0.15, -0.1) is 0 Å². The summed E-state index contributed by atoms with van der Waals surface area (Å²) in [6.45, 7) is 0. The van der Waals surface area contributed by atoms with Gasteiger partial charge in [0, 0.05) is 5.69 Å². The molecule has 2 aliphatic heterocycles. The van der Waals surface area contributed by atoms with Crippen molar-refractivity contribution in [3.05, 3.63) is 54.6 Å². The highest BCUT2D eigenvalue weighted by Crippen LogP contribution is 2.39. The van der Waals surface area contributed by atoms with E-state index in [9.17, 15) is 14.7 Å². The van der Waals surface area contributed by atoms with Gasteiger partial charge in [-0.1, -0.05) is 42.5 Å².